The molecular formula is C18H15ClO4S. The molecule has 0 saturated heterocycles. The predicted molar refractivity (Wildman–Crippen MR) is 93.5 cm³/mol. The molecule has 0 aliphatic rings. The predicted octanol–water partition coefficient (Wildman–Crippen LogP) is 4.40. The molecule has 0 fully saturated rings. The molecule has 3 aromatic rings. The second kappa shape index (κ2) is 6.07. The molecule has 3 rings (SSSR count). The highest BCUT2D eigenvalue weighted by atomic mass is 35.5. The van der Waals surface area contributed by atoms with Gasteiger partial charge >= 0.3 is 5.63 Å². The lowest BCUT2D eigenvalue weighted by atomic mass is 10.0. The van der Waals surface area contributed by atoms with Crippen molar-refractivity contribution in [1.82, 2.24) is 0 Å². The van der Waals surface area contributed by atoms with Gasteiger partial charge in [0.25, 0.3) is 0 Å². The summed E-state index contributed by atoms with van der Waals surface area (Å²) in [5, 5.41) is 0.889. The van der Waals surface area contributed by atoms with Gasteiger partial charge in [-0.1, -0.05) is 37.6 Å². The first kappa shape index (κ1) is 16.7. The Morgan fingerprint density at radius 1 is 1.00 bits per heavy atom. The lowest BCUT2D eigenvalue weighted by Gasteiger charge is -2.08. The molecule has 0 unspecified atom stereocenters. The van der Waals surface area contributed by atoms with Crippen molar-refractivity contribution < 1.29 is 12.8 Å². The quantitative estimate of drug-likeness (QED) is 0.647. The van der Waals surface area contributed by atoms with E-state index in [1.165, 1.54) is 24.3 Å². The molecule has 124 valence electrons. The lowest BCUT2D eigenvalue weighted by molar-refractivity contribution is 0.532. The Labute approximate surface area is 144 Å². The van der Waals surface area contributed by atoms with Crippen molar-refractivity contribution in [2.45, 2.75) is 29.6 Å². The van der Waals surface area contributed by atoms with Crippen LogP contribution in [0.3, 0.4) is 0 Å². The first-order chi connectivity index (χ1) is 11.3. The lowest BCUT2D eigenvalue weighted by Crippen LogP contribution is -2.14. The van der Waals surface area contributed by atoms with E-state index in [1.54, 1.807) is 24.3 Å². The zero-order valence-corrected chi connectivity index (χ0v) is 14.7. The van der Waals surface area contributed by atoms with E-state index in [0.717, 1.165) is 5.56 Å². The number of sulfone groups is 1. The van der Waals surface area contributed by atoms with Crippen LogP contribution in [0.1, 0.15) is 25.3 Å². The largest absolute Gasteiger partial charge is 0.422 e. The van der Waals surface area contributed by atoms with Crippen molar-refractivity contribution in [3.8, 4) is 0 Å². The van der Waals surface area contributed by atoms with Crippen LogP contribution >= 0.6 is 11.6 Å². The molecule has 0 aliphatic heterocycles. The highest BCUT2D eigenvalue weighted by Gasteiger charge is 2.23. The first-order valence-electron chi connectivity index (χ1n) is 7.37. The Morgan fingerprint density at radius 3 is 2.29 bits per heavy atom. The van der Waals surface area contributed by atoms with Crippen molar-refractivity contribution >= 4 is 32.4 Å². The minimum Gasteiger partial charge on any atom is -0.422 e. The Bertz CT molecular complexity index is 1060. The maximum Gasteiger partial charge on any atom is 0.355 e. The summed E-state index contributed by atoms with van der Waals surface area (Å²) in [6.45, 7) is 4.04. The normalized spacial score (nSPS) is 12.0. The second-order valence-electron chi connectivity index (χ2n) is 5.81. The Morgan fingerprint density at radius 2 is 1.67 bits per heavy atom. The van der Waals surface area contributed by atoms with E-state index in [1.807, 2.05) is 13.8 Å². The monoisotopic (exact) mass is 362 g/mol. The summed E-state index contributed by atoms with van der Waals surface area (Å²) in [6.07, 6.45) is 0. The molecule has 0 bridgehead atoms. The minimum absolute atomic E-state index is 0.0561. The maximum atomic E-state index is 12.8. The molecule has 1 heterocycles. The van der Waals surface area contributed by atoms with Gasteiger partial charge < -0.3 is 4.42 Å². The van der Waals surface area contributed by atoms with Crippen LogP contribution in [0.25, 0.3) is 11.0 Å². The van der Waals surface area contributed by atoms with E-state index in [0.29, 0.717) is 16.0 Å². The number of hydrogen-bond acceptors (Lipinski definition) is 4. The first-order valence-corrected chi connectivity index (χ1v) is 9.23. The van der Waals surface area contributed by atoms with Crippen molar-refractivity contribution in [2.75, 3.05) is 0 Å². The summed E-state index contributed by atoms with van der Waals surface area (Å²) < 4.78 is 30.7. The molecule has 0 aliphatic carbocycles. The molecule has 24 heavy (non-hydrogen) atoms. The summed E-state index contributed by atoms with van der Waals surface area (Å²) >= 11 is 5.92. The van der Waals surface area contributed by atoms with Gasteiger partial charge in [-0.3, -0.25) is 0 Å². The van der Waals surface area contributed by atoms with Crippen LogP contribution in [-0.4, -0.2) is 8.42 Å². The Balaban J connectivity index is 2.17. The molecule has 2 aromatic carbocycles. The zero-order valence-electron chi connectivity index (χ0n) is 13.1. The number of rotatable bonds is 3. The average molecular weight is 363 g/mol. The molecule has 0 saturated carbocycles. The summed E-state index contributed by atoms with van der Waals surface area (Å²) in [5.41, 5.74) is 0.419. The van der Waals surface area contributed by atoms with Crippen LogP contribution < -0.4 is 5.63 Å². The van der Waals surface area contributed by atoms with Crippen LogP contribution in [0.5, 0.6) is 0 Å². The van der Waals surface area contributed by atoms with E-state index in [2.05, 4.69) is 0 Å². The Hall–Kier alpha value is -2.11. The van der Waals surface area contributed by atoms with Gasteiger partial charge in [0.1, 0.15) is 5.58 Å². The molecule has 1 aromatic heterocycles. The van der Waals surface area contributed by atoms with Gasteiger partial charge in [0, 0.05) is 10.4 Å². The van der Waals surface area contributed by atoms with Crippen LogP contribution in [0.2, 0.25) is 5.02 Å². The fourth-order valence-electron chi connectivity index (χ4n) is 2.42. The third kappa shape index (κ3) is 2.97. The average Bonchev–Trinajstić information content (AvgIpc) is 2.54. The van der Waals surface area contributed by atoms with Crippen LogP contribution in [0.4, 0.5) is 0 Å². The fourth-order valence-corrected chi connectivity index (χ4v) is 3.89. The third-order valence-corrected chi connectivity index (χ3v) is 5.80. The molecule has 0 radical (unpaired) electrons. The number of halogens is 1. The second-order valence-corrected chi connectivity index (χ2v) is 8.16. The van der Waals surface area contributed by atoms with Crippen molar-refractivity contribution in [3.63, 3.8) is 0 Å². The highest BCUT2D eigenvalue weighted by molar-refractivity contribution is 7.91. The molecular weight excluding hydrogens is 348 g/mol. The standard InChI is InChI=1S/C18H15ClO4S/c1-11(2)12-3-6-15(7-4-12)24(21,22)17-10-13-9-14(19)5-8-16(13)23-18(17)20/h3-11H,1-2H3. The summed E-state index contributed by atoms with van der Waals surface area (Å²) in [6, 6.07) is 12.5. The summed E-state index contributed by atoms with van der Waals surface area (Å²) in [7, 11) is -3.97. The van der Waals surface area contributed by atoms with Gasteiger partial charge in [0.2, 0.25) is 9.84 Å². The molecule has 0 N–H and O–H groups in total. The van der Waals surface area contributed by atoms with Crippen molar-refractivity contribution in [1.29, 1.82) is 0 Å². The minimum atomic E-state index is -3.97. The SMILES string of the molecule is CC(C)c1ccc(S(=O)(=O)c2cc3cc(Cl)ccc3oc2=O)cc1. The van der Waals surface area contributed by atoms with Gasteiger partial charge in [-0.15, -0.1) is 0 Å². The summed E-state index contributed by atoms with van der Waals surface area (Å²) in [4.78, 5) is 11.8. The topological polar surface area (TPSA) is 64.3 Å². The van der Waals surface area contributed by atoms with E-state index in [9.17, 15) is 13.2 Å². The molecule has 6 heteroatoms. The van der Waals surface area contributed by atoms with Gasteiger partial charge in [-0.05, 0) is 47.9 Å². The van der Waals surface area contributed by atoms with Gasteiger partial charge in [-0.2, -0.15) is 0 Å². The fraction of sp³-hybridized carbons (Fsp3) is 0.167. The molecule has 0 atom stereocenters. The number of benzene rings is 2. The van der Waals surface area contributed by atoms with E-state index in [4.69, 9.17) is 16.0 Å². The maximum absolute atomic E-state index is 12.8. The third-order valence-electron chi connectivity index (χ3n) is 3.81. The molecule has 0 spiro atoms. The van der Waals surface area contributed by atoms with Gasteiger partial charge in [-0.25, -0.2) is 13.2 Å². The summed E-state index contributed by atoms with van der Waals surface area (Å²) in [5.74, 6) is 0.287. The van der Waals surface area contributed by atoms with Crippen LogP contribution in [0, 0.1) is 0 Å². The van der Waals surface area contributed by atoms with Gasteiger partial charge in [0.05, 0.1) is 4.90 Å². The molecule has 4 nitrogen and oxygen atoms in total. The van der Waals surface area contributed by atoms with Gasteiger partial charge in [0.15, 0.2) is 4.90 Å². The van der Waals surface area contributed by atoms with Crippen molar-refractivity contribution in [2.24, 2.45) is 0 Å². The number of hydrogen-bond donors (Lipinski definition) is 0. The molecule has 0 amide bonds. The Kier molecular flexibility index (Phi) is 4.24. The number of fused-ring (bicyclic) bond motifs is 1. The van der Waals surface area contributed by atoms with Crippen LogP contribution in [0.15, 0.2) is 67.5 Å². The van der Waals surface area contributed by atoms with Crippen molar-refractivity contribution in [3.05, 3.63) is 69.5 Å². The van der Waals surface area contributed by atoms with E-state index >= 15 is 0 Å². The van der Waals surface area contributed by atoms with E-state index < -0.39 is 20.4 Å². The smallest absolute Gasteiger partial charge is 0.355 e. The highest BCUT2D eigenvalue weighted by Crippen LogP contribution is 2.25. The zero-order chi connectivity index (χ0) is 17.5. The van der Waals surface area contributed by atoms with Crippen LogP contribution in [-0.2, 0) is 9.84 Å². The van der Waals surface area contributed by atoms with E-state index in [-0.39, 0.29) is 10.8 Å².